The van der Waals surface area contributed by atoms with E-state index in [9.17, 15) is 41.4 Å². The van der Waals surface area contributed by atoms with E-state index in [4.69, 9.17) is 16.3 Å². The molecule has 5 aromatic rings. The molecule has 6 rings (SSSR count). The Morgan fingerprint density at radius 3 is 2.30 bits per heavy atom. The van der Waals surface area contributed by atoms with Crippen LogP contribution in [0.15, 0.2) is 66.7 Å². The number of fused-ring (bicyclic) bond motifs is 2. The molecule has 15 heteroatoms. The lowest BCUT2D eigenvalue weighted by molar-refractivity contribution is -0.137. The van der Waals surface area contributed by atoms with Crippen LogP contribution in [0.2, 0.25) is 5.02 Å². The Kier molecular flexibility index (Phi) is 7.93. The van der Waals surface area contributed by atoms with Gasteiger partial charge in [0.05, 0.1) is 38.3 Å². The molecule has 240 valence electrons. The smallest absolute Gasteiger partial charge is 0.416 e. The monoisotopic (exact) mass is 670 g/mol. The standard InChI is InChI=1S/C32H20ClF5N4O5/c1-41-26-15(8-9-43)12-23(39-29(44)16-10-17(32(36,37)38)13-19(35)11-16)27(47-24-14-18(34)6-7-22(24)33)25(26)28(40-41)42-30(45)20-4-2-3-5-21(20)31(42)46/h2-7,10-14,43H,8-9H2,1H3,(H,39,44). The third-order valence-electron chi connectivity index (χ3n) is 7.35. The van der Waals surface area contributed by atoms with Crippen LogP contribution >= 0.6 is 11.6 Å². The summed E-state index contributed by atoms with van der Waals surface area (Å²) in [5.41, 5.74) is -1.71. The van der Waals surface area contributed by atoms with Crippen LogP contribution in [-0.4, -0.2) is 39.2 Å². The van der Waals surface area contributed by atoms with Gasteiger partial charge in [-0.25, -0.2) is 13.7 Å². The molecule has 0 saturated carbocycles. The molecule has 1 aliphatic heterocycles. The summed E-state index contributed by atoms with van der Waals surface area (Å²) < 4.78 is 76.2. The number of alkyl halides is 3. The van der Waals surface area contributed by atoms with Crippen molar-refractivity contribution in [2.45, 2.75) is 12.6 Å². The fourth-order valence-electron chi connectivity index (χ4n) is 5.32. The second-order valence-corrected chi connectivity index (χ2v) is 10.8. The Bertz CT molecular complexity index is 2100. The number of benzene rings is 4. The summed E-state index contributed by atoms with van der Waals surface area (Å²) >= 11 is 6.29. The van der Waals surface area contributed by atoms with E-state index in [0.29, 0.717) is 17.7 Å². The Balaban J connectivity index is 1.60. The van der Waals surface area contributed by atoms with Crippen molar-refractivity contribution >= 4 is 51.7 Å². The van der Waals surface area contributed by atoms with Gasteiger partial charge in [0, 0.05) is 25.3 Å². The Labute approximate surface area is 266 Å². The zero-order chi connectivity index (χ0) is 33.8. The molecular formula is C32H20ClF5N4O5. The van der Waals surface area contributed by atoms with Crippen molar-refractivity contribution in [3.8, 4) is 11.5 Å². The minimum atomic E-state index is -4.97. The Morgan fingerprint density at radius 1 is 0.979 bits per heavy atom. The van der Waals surface area contributed by atoms with Gasteiger partial charge in [-0.2, -0.15) is 18.3 Å². The van der Waals surface area contributed by atoms with Crippen LogP contribution in [0.4, 0.5) is 33.5 Å². The molecule has 0 unspecified atom stereocenters. The zero-order valence-corrected chi connectivity index (χ0v) is 24.7. The van der Waals surface area contributed by atoms with Crippen LogP contribution in [0.1, 0.15) is 42.2 Å². The van der Waals surface area contributed by atoms with Gasteiger partial charge >= 0.3 is 6.18 Å². The van der Waals surface area contributed by atoms with Crippen LogP contribution < -0.4 is 15.0 Å². The number of rotatable bonds is 7. The van der Waals surface area contributed by atoms with Gasteiger partial charge in [0.2, 0.25) is 0 Å². The number of aliphatic hydroxyl groups is 1. The van der Waals surface area contributed by atoms with Gasteiger partial charge in [-0.3, -0.25) is 19.1 Å². The number of halogens is 6. The van der Waals surface area contributed by atoms with Gasteiger partial charge < -0.3 is 15.2 Å². The first-order valence-electron chi connectivity index (χ1n) is 13.7. The van der Waals surface area contributed by atoms with Crippen LogP contribution in [0.3, 0.4) is 0 Å². The normalized spacial score (nSPS) is 13.0. The lowest BCUT2D eigenvalue weighted by atomic mass is 10.0. The molecule has 3 amide bonds. The summed E-state index contributed by atoms with van der Waals surface area (Å²) in [5, 5.41) is 16.5. The SMILES string of the molecule is Cn1nc(N2C(=O)c3ccccc3C2=O)c2c(Oc3cc(F)ccc3Cl)c(NC(=O)c3cc(F)cc(C(F)(F)F)c3)cc(CCO)c21. The molecule has 9 nitrogen and oxygen atoms in total. The molecule has 0 bridgehead atoms. The largest absolute Gasteiger partial charge is 0.453 e. The van der Waals surface area contributed by atoms with Gasteiger partial charge in [0.1, 0.15) is 17.4 Å². The molecule has 0 fully saturated rings. The van der Waals surface area contributed by atoms with Crippen molar-refractivity contribution in [1.29, 1.82) is 0 Å². The fraction of sp³-hybridized carbons (Fsp3) is 0.125. The number of aryl methyl sites for hydroxylation is 1. The minimum absolute atomic E-state index is 0.0698. The van der Waals surface area contributed by atoms with Gasteiger partial charge in [0.15, 0.2) is 11.6 Å². The summed E-state index contributed by atoms with van der Waals surface area (Å²) in [6, 6.07) is 11.8. The quantitative estimate of drug-likeness (QED) is 0.144. The third-order valence-corrected chi connectivity index (χ3v) is 7.66. The molecular weight excluding hydrogens is 651 g/mol. The van der Waals surface area contributed by atoms with Gasteiger partial charge in [0.25, 0.3) is 17.7 Å². The number of carbonyl (C=O) groups excluding carboxylic acids is 3. The van der Waals surface area contributed by atoms with Gasteiger partial charge in [-0.15, -0.1) is 0 Å². The van der Waals surface area contributed by atoms with Crippen molar-refractivity contribution in [3.05, 3.63) is 111 Å². The van der Waals surface area contributed by atoms with E-state index in [0.717, 1.165) is 17.0 Å². The maximum absolute atomic E-state index is 14.3. The topological polar surface area (TPSA) is 114 Å². The number of nitrogens with one attached hydrogen (secondary N) is 1. The highest BCUT2D eigenvalue weighted by molar-refractivity contribution is 6.36. The van der Waals surface area contributed by atoms with E-state index >= 15 is 0 Å². The van der Waals surface area contributed by atoms with E-state index in [-0.39, 0.29) is 62.5 Å². The summed E-state index contributed by atoms with van der Waals surface area (Å²) in [7, 11) is 1.48. The van der Waals surface area contributed by atoms with E-state index in [1.807, 2.05) is 0 Å². The highest BCUT2D eigenvalue weighted by Crippen LogP contribution is 2.46. The number of nitrogens with zero attached hydrogens (tertiary/aromatic N) is 3. The molecule has 0 saturated heterocycles. The number of imide groups is 1. The Morgan fingerprint density at radius 2 is 1.66 bits per heavy atom. The number of amides is 3. The zero-order valence-electron chi connectivity index (χ0n) is 24.0. The second-order valence-electron chi connectivity index (χ2n) is 10.4. The highest BCUT2D eigenvalue weighted by atomic mass is 35.5. The number of aromatic nitrogens is 2. The number of anilines is 2. The molecule has 0 atom stereocenters. The van der Waals surface area contributed by atoms with E-state index in [2.05, 4.69) is 10.4 Å². The maximum Gasteiger partial charge on any atom is 0.416 e. The Hall–Kier alpha value is -5.34. The second kappa shape index (κ2) is 11.8. The lowest BCUT2D eigenvalue weighted by Crippen LogP contribution is -2.30. The first-order chi connectivity index (χ1) is 22.3. The molecule has 1 aliphatic rings. The molecule has 0 radical (unpaired) electrons. The number of ether oxygens (including phenoxy) is 1. The van der Waals surface area contributed by atoms with Crippen LogP contribution in [0.5, 0.6) is 11.5 Å². The van der Waals surface area contributed by atoms with Crippen LogP contribution in [-0.2, 0) is 19.6 Å². The lowest BCUT2D eigenvalue weighted by Gasteiger charge is -2.19. The molecule has 1 aromatic heterocycles. The minimum Gasteiger partial charge on any atom is -0.453 e. The third kappa shape index (κ3) is 5.66. The van der Waals surface area contributed by atoms with E-state index < -0.39 is 53.3 Å². The molecule has 4 aromatic carbocycles. The summed E-state index contributed by atoms with van der Waals surface area (Å²) in [6.45, 7) is -0.426. The van der Waals surface area contributed by atoms with E-state index in [1.54, 1.807) is 12.1 Å². The number of hydrogen-bond acceptors (Lipinski definition) is 6. The predicted molar refractivity (Wildman–Crippen MR) is 160 cm³/mol. The average Bonchev–Trinajstić information content (AvgIpc) is 3.48. The molecule has 2 N–H and O–H groups in total. The van der Waals surface area contributed by atoms with Gasteiger partial charge in [-0.1, -0.05) is 23.7 Å². The molecule has 47 heavy (non-hydrogen) atoms. The maximum atomic E-state index is 14.3. The molecule has 0 aliphatic carbocycles. The first-order valence-corrected chi connectivity index (χ1v) is 14.1. The van der Waals surface area contributed by atoms with Crippen molar-refractivity contribution in [3.63, 3.8) is 0 Å². The summed E-state index contributed by atoms with van der Waals surface area (Å²) in [6.07, 6.45) is -5.04. The van der Waals surface area contributed by atoms with Crippen LogP contribution in [0, 0.1) is 11.6 Å². The van der Waals surface area contributed by atoms with Crippen LogP contribution in [0.25, 0.3) is 10.9 Å². The average molecular weight is 671 g/mol. The van der Waals surface area contributed by atoms with Crippen molar-refractivity contribution in [1.82, 2.24) is 9.78 Å². The van der Waals surface area contributed by atoms with Crippen molar-refractivity contribution in [2.75, 3.05) is 16.8 Å². The first kappa shape index (κ1) is 31.6. The van der Waals surface area contributed by atoms with Crippen molar-refractivity contribution < 1.29 is 46.2 Å². The number of aliphatic hydroxyl groups excluding tert-OH is 1. The number of hydrogen-bond donors (Lipinski definition) is 2. The van der Waals surface area contributed by atoms with E-state index in [1.165, 1.54) is 36.0 Å². The summed E-state index contributed by atoms with van der Waals surface area (Å²) in [5.74, 6) is -5.66. The highest BCUT2D eigenvalue weighted by Gasteiger charge is 2.40. The molecule has 0 spiro atoms. The predicted octanol–water partition coefficient (Wildman–Crippen LogP) is 6.90. The molecule has 2 heterocycles. The number of carbonyl (C=O) groups is 3. The summed E-state index contributed by atoms with van der Waals surface area (Å²) in [4.78, 5) is 41.3. The van der Waals surface area contributed by atoms with Gasteiger partial charge in [-0.05, 0) is 60.5 Å². The fourth-order valence-corrected chi connectivity index (χ4v) is 5.48. The van der Waals surface area contributed by atoms with Crippen molar-refractivity contribution in [2.24, 2.45) is 7.05 Å².